The molecule has 5 heteroatoms. The summed E-state index contributed by atoms with van der Waals surface area (Å²) in [6, 6.07) is 8.75. The summed E-state index contributed by atoms with van der Waals surface area (Å²) in [5.41, 5.74) is 2.52. The van der Waals surface area contributed by atoms with E-state index in [1.807, 2.05) is 6.92 Å². The first-order valence-electron chi connectivity index (χ1n) is 8.43. The van der Waals surface area contributed by atoms with E-state index in [1.54, 1.807) is 0 Å². The van der Waals surface area contributed by atoms with Crippen molar-refractivity contribution < 1.29 is 13.2 Å². The maximum Gasteiger partial charge on any atom is 0.401 e. The van der Waals surface area contributed by atoms with E-state index in [1.165, 1.54) is 24.0 Å². The average Bonchev–Trinajstić information content (AvgIpc) is 2.49. The van der Waals surface area contributed by atoms with Gasteiger partial charge in [0, 0.05) is 18.6 Å². The summed E-state index contributed by atoms with van der Waals surface area (Å²) in [6.45, 7) is 4.94. The number of benzene rings is 1. The van der Waals surface area contributed by atoms with E-state index in [2.05, 4.69) is 41.4 Å². The molecule has 2 nitrogen and oxygen atoms in total. The maximum atomic E-state index is 12.3. The smallest absolute Gasteiger partial charge is 0.306 e. The Kier molecular flexibility index (Phi) is 6.48. The summed E-state index contributed by atoms with van der Waals surface area (Å²) in [5.74, 6) is 0. The number of aryl methyl sites for hydroxylation is 1. The van der Waals surface area contributed by atoms with Crippen LogP contribution in [0, 0.1) is 6.92 Å². The highest BCUT2D eigenvalue weighted by Gasteiger charge is 2.29. The molecule has 0 spiro atoms. The third-order valence-corrected chi connectivity index (χ3v) is 4.53. The SMILES string of the molecule is Cc1ccc(CN2CCCCC2CC(C)NCC(F)(F)F)cc1. The van der Waals surface area contributed by atoms with Crippen LogP contribution in [0.3, 0.4) is 0 Å². The first-order valence-corrected chi connectivity index (χ1v) is 8.43. The van der Waals surface area contributed by atoms with Crippen molar-refractivity contribution in [1.82, 2.24) is 10.2 Å². The number of nitrogens with one attached hydrogen (secondary N) is 1. The van der Waals surface area contributed by atoms with E-state index < -0.39 is 12.7 Å². The summed E-state index contributed by atoms with van der Waals surface area (Å²) in [4.78, 5) is 2.43. The molecule has 1 aliphatic heterocycles. The van der Waals surface area contributed by atoms with Gasteiger partial charge in [-0.05, 0) is 45.2 Å². The molecule has 1 aromatic rings. The number of piperidine rings is 1. The van der Waals surface area contributed by atoms with Crippen molar-refractivity contribution in [3.63, 3.8) is 0 Å². The van der Waals surface area contributed by atoms with E-state index in [0.29, 0.717) is 6.04 Å². The van der Waals surface area contributed by atoms with Crippen LogP contribution in [0.1, 0.15) is 43.7 Å². The van der Waals surface area contributed by atoms with Crippen molar-refractivity contribution in [2.24, 2.45) is 0 Å². The highest BCUT2D eigenvalue weighted by molar-refractivity contribution is 5.21. The Balaban J connectivity index is 1.88. The van der Waals surface area contributed by atoms with Crippen molar-refractivity contribution in [1.29, 1.82) is 0 Å². The second-order valence-corrected chi connectivity index (χ2v) is 6.74. The van der Waals surface area contributed by atoms with Gasteiger partial charge in [-0.2, -0.15) is 13.2 Å². The van der Waals surface area contributed by atoms with Gasteiger partial charge in [0.1, 0.15) is 0 Å². The molecule has 0 radical (unpaired) electrons. The molecule has 0 saturated carbocycles. The van der Waals surface area contributed by atoms with Gasteiger partial charge in [-0.3, -0.25) is 4.90 Å². The molecular formula is C18H27F3N2. The maximum absolute atomic E-state index is 12.3. The van der Waals surface area contributed by atoms with E-state index in [4.69, 9.17) is 0 Å². The summed E-state index contributed by atoms with van der Waals surface area (Å²) < 4.78 is 37.0. The Hall–Kier alpha value is -1.07. The summed E-state index contributed by atoms with van der Waals surface area (Å²) in [6.07, 6.45) is 0.0437. The number of hydrogen-bond acceptors (Lipinski definition) is 2. The third kappa shape index (κ3) is 6.51. The number of likely N-dealkylation sites (tertiary alicyclic amines) is 1. The molecule has 1 saturated heterocycles. The van der Waals surface area contributed by atoms with Crippen LogP contribution < -0.4 is 5.32 Å². The lowest BCUT2D eigenvalue weighted by atomic mass is 9.95. The molecule has 1 aromatic carbocycles. The molecule has 2 rings (SSSR count). The number of rotatable bonds is 6. The number of alkyl halides is 3. The molecule has 0 aliphatic carbocycles. The van der Waals surface area contributed by atoms with Gasteiger partial charge >= 0.3 is 6.18 Å². The molecule has 1 fully saturated rings. The molecule has 1 heterocycles. The van der Waals surface area contributed by atoms with Gasteiger partial charge in [0.25, 0.3) is 0 Å². The van der Waals surface area contributed by atoms with Gasteiger partial charge < -0.3 is 5.32 Å². The Labute approximate surface area is 137 Å². The molecule has 2 unspecified atom stereocenters. The predicted octanol–water partition coefficient (Wildman–Crippen LogP) is 4.28. The predicted molar refractivity (Wildman–Crippen MR) is 87.4 cm³/mol. The summed E-state index contributed by atoms with van der Waals surface area (Å²) in [7, 11) is 0. The highest BCUT2D eigenvalue weighted by Crippen LogP contribution is 2.23. The van der Waals surface area contributed by atoms with E-state index in [9.17, 15) is 13.2 Å². The van der Waals surface area contributed by atoms with Gasteiger partial charge in [0.05, 0.1) is 6.54 Å². The average molecular weight is 328 g/mol. The first kappa shape index (κ1) is 18.3. The van der Waals surface area contributed by atoms with Gasteiger partial charge in [-0.1, -0.05) is 36.2 Å². The zero-order valence-corrected chi connectivity index (χ0v) is 14.0. The van der Waals surface area contributed by atoms with Crippen LogP contribution >= 0.6 is 0 Å². The molecule has 130 valence electrons. The van der Waals surface area contributed by atoms with Crippen LogP contribution in [-0.4, -0.2) is 36.2 Å². The van der Waals surface area contributed by atoms with Crippen molar-refractivity contribution in [2.75, 3.05) is 13.1 Å². The van der Waals surface area contributed by atoms with Crippen LogP contribution in [0.4, 0.5) is 13.2 Å². The van der Waals surface area contributed by atoms with E-state index in [0.717, 1.165) is 25.9 Å². The lowest BCUT2D eigenvalue weighted by molar-refractivity contribution is -0.126. The standard InChI is InChI=1S/C18H27F3N2/c1-14-6-8-16(9-7-14)12-23-10-4-3-5-17(23)11-15(2)22-13-18(19,20)21/h6-9,15,17,22H,3-5,10-13H2,1-2H3. The number of hydrogen-bond donors (Lipinski definition) is 1. The number of nitrogens with zero attached hydrogens (tertiary/aromatic N) is 1. The molecule has 2 atom stereocenters. The molecule has 1 aliphatic rings. The molecule has 0 amide bonds. The van der Waals surface area contributed by atoms with Crippen LogP contribution in [0.15, 0.2) is 24.3 Å². The zero-order chi connectivity index (χ0) is 16.9. The van der Waals surface area contributed by atoms with Gasteiger partial charge in [0.15, 0.2) is 0 Å². The summed E-state index contributed by atoms with van der Waals surface area (Å²) >= 11 is 0. The third-order valence-electron chi connectivity index (χ3n) is 4.53. The number of halogens is 3. The highest BCUT2D eigenvalue weighted by atomic mass is 19.4. The van der Waals surface area contributed by atoms with Crippen molar-refractivity contribution in [2.45, 2.75) is 64.3 Å². The van der Waals surface area contributed by atoms with Crippen LogP contribution in [0.5, 0.6) is 0 Å². The minimum Gasteiger partial charge on any atom is -0.306 e. The molecule has 23 heavy (non-hydrogen) atoms. The topological polar surface area (TPSA) is 15.3 Å². The Bertz CT molecular complexity index is 470. The van der Waals surface area contributed by atoms with E-state index >= 15 is 0 Å². The molecular weight excluding hydrogens is 301 g/mol. The molecule has 0 bridgehead atoms. The van der Waals surface area contributed by atoms with Crippen LogP contribution in [0.25, 0.3) is 0 Å². The quantitative estimate of drug-likeness (QED) is 0.838. The van der Waals surface area contributed by atoms with Crippen LogP contribution in [0.2, 0.25) is 0 Å². The Morgan fingerprint density at radius 2 is 1.91 bits per heavy atom. The Morgan fingerprint density at radius 3 is 2.57 bits per heavy atom. The molecule has 1 N–H and O–H groups in total. The van der Waals surface area contributed by atoms with Gasteiger partial charge in [-0.25, -0.2) is 0 Å². The van der Waals surface area contributed by atoms with E-state index in [-0.39, 0.29) is 6.04 Å². The second-order valence-electron chi connectivity index (χ2n) is 6.74. The monoisotopic (exact) mass is 328 g/mol. The lowest BCUT2D eigenvalue weighted by Gasteiger charge is -2.37. The largest absolute Gasteiger partial charge is 0.401 e. The Morgan fingerprint density at radius 1 is 1.22 bits per heavy atom. The fourth-order valence-electron chi connectivity index (χ4n) is 3.24. The minimum atomic E-state index is -4.14. The summed E-state index contributed by atoms with van der Waals surface area (Å²) in [5, 5.41) is 2.61. The first-order chi connectivity index (χ1) is 10.8. The van der Waals surface area contributed by atoms with Crippen molar-refractivity contribution in [3.8, 4) is 0 Å². The second kappa shape index (κ2) is 8.15. The van der Waals surface area contributed by atoms with Crippen molar-refractivity contribution >= 4 is 0 Å². The fraction of sp³-hybridized carbons (Fsp3) is 0.667. The normalized spacial score (nSPS) is 21.3. The zero-order valence-electron chi connectivity index (χ0n) is 14.0. The van der Waals surface area contributed by atoms with Crippen molar-refractivity contribution in [3.05, 3.63) is 35.4 Å². The fourth-order valence-corrected chi connectivity index (χ4v) is 3.24. The molecule has 0 aromatic heterocycles. The van der Waals surface area contributed by atoms with Crippen LogP contribution in [-0.2, 0) is 6.54 Å². The van der Waals surface area contributed by atoms with Gasteiger partial charge in [-0.15, -0.1) is 0 Å². The van der Waals surface area contributed by atoms with Gasteiger partial charge in [0.2, 0.25) is 0 Å². The minimum absolute atomic E-state index is 0.125. The lowest BCUT2D eigenvalue weighted by Crippen LogP contribution is -2.44.